The number of fused-ring (bicyclic) bond motifs is 1. The molecule has 3 rings (SSSR count). The number of nitrogens with zero attached hydrogens (tertiary/aromatic N) is 3. The highest BCUT2D eigenvalue weighted by atomic mass is 32.1. The van der Waals surface area contributed by atoms with E-state index < -0.39 is 0 Å². The molecule has 1 atom stereocenters. The van der Waals surface area contributed by atoms with E-state index in [-0.39, 0.29) is 6.04 Å². The van der Waals surface area contributed by atoms with E-state index in [1.54, 1.807) is 11.3 Å². The molecular formula is C13H14N4S. The summed E-state index contributed by atoms with van der Waals surface area (Å²) in [5.41, 5.74) is 7.88. The Morgan fingerprint density at radius 2 is 2.22 bits per heavy atom. The maximum Gasteiger partial charge on any atom is 0.0991 e. The van der Waals surface area contributed by atoms with E-state index in [9.17, 15) is 0 Å². The highest BCUT2D eigenvalue weighted by Gasteiger charge is 2.08. The zero-order valence-electron chi connectivity index (χ0n) is 10.1. The molecule has 18 heavy (non-hydrogen) atoms. The second-order valence-electron chi connectivity index (χ2n) is 4.39. The third-order valence-electron chi connectivity index (χ3n) is 2.92. The Morgan fingerprint density at radius 1 is 1.39 bits per heavy atom. The van der Waals surface area contributed by atoms with E-state index in [0.29, 0.717) is 0 Å². The largest absolute Gasteiger partial charge is 0.323 e. The van der Waals surface area contributed by atoms with Gasteiger partial charge in [0.25, 0.3) is 0 Å². The van der Waals surface area contributed by atoms with Crippen LogP contribution in [-0.2, 0) is 6.54 Å². The standard InChI is InChI=1S/C13H14N4S/c1-9(14)12-7-17(16-15-12)6-10-8-18-13-5-3-2-4-11(10)13/h2-5,7-9H,6,14H2,1H3. The van der Waals surface area contributed by atoms with Crippen molar-refractivity contribution in [1.29, 1.82) is 0 Å². The highest BCUT2D eigenvalue weighted by Crippen LogP contribution is 2.26. The third kappa shape index (κ3) is 2.02. The molecule has 0 amide bonds. The SMILES string of the molecule is CC(N)c1cn(Cc2csc3ccccc23)nn1. The molecule has 3 aromatic rings. The second kappa shape index (κ2) is 4.51. The molecule has 5 heteroatoms. The molecule has 1 aromatic carbocycles. The molecule has 2 aromatic heterocycles. The lowest BCUT2D eigenvalue weighted by Crippen LogP contribution is -2.05. The quantitative estimate of drug-likeness (QED) is 0.785. The van der Waals surface area contributed by atoms with Gasteiger partial charge in [0, 0.05) is 10.7 Å². The summed E-state index contributed by atoms with van der Waals surface area (Å²) in [4.78, 5) is 0. The number of aromatic nitrogens is 3. The fourth-order valence-electron chi connectivity index (χ4n) is 1.93. The molecule has 0 bridgehead atoms. The number of thiophene rings is 1. The van der Waals surface area contributed by atoms with Gasteiger partial charge in [-0.2, -0.15) is 0 Å². The molecule has 0 fully saturated rings. The van der Waals surface area contributed by atoms with Gasteiger partial charge in [-0.15, -0.1) is 16.4 Å². The van der Waals surface area contributed by atoms with Crippen LogP contribution < -0.4 is 5.73 Å². The molecule has 0 spiro atoms. The van der Waals surface area contributed by atoms with Gasteiger partial charge in [-0.05, 0) is 29.3 Å². The van der Waals surface area contributed by atoms with Crippen LogP contribution in [0.2, 0.25) is 0 Å². The summed E-state index contributed by atoms with van der Waals surface area (Å²) < 4.78 is 3.15. The van der Waals surface area contributed by atoms with Crippen LogP contribution >= 0.6 is 11.3 Å². The van der Waals surface area contributed by atoms with Crippen LogP contribution in [0.3, 0.4) is 0 Å². The van der Waals surface area contributed by atoms with Crippen molar-refractivity contribution < 1.29 is 0 Å². The zero-order valence-corrected chi connectivity index (χ0v) is 10.9. The van der Waals surface area contributed by atoms with E-state index in [4.69, 9.17) is 5.73 Å². The second-order valence-corrected chi connectivity index (χ2v) is 5.30. The normalized spacial score (nSPS) is 13.0. The summed E-state index contributed by atoms with van der Waals surface area (Å²) in [6, 6.07) is 8.33. The number of hydrogen-bond acceptors (Lipinski definition) is 4. The fraction of sp³-hybridized carbons (Fsp3) is 0.231. The Hall–Kier alpha value is -1.72. The van der Waals surface area contributed by atoms with Gasteiger partial charge < -0.3 is 5.73 Å². The summed E-state index contributed by atoms with van der Waals surface area (Å²) >= 11 is 1.76. The Balaban J connectivity index is 1.91. The van der Waals surface area contributed by atoms with Crippen molar-refractivity contribution in [3.63, 3.8) is 0 Å². The number of benzene rings is 1. The maximum absolute atomic E-state index is 5.78. The van der Waals surface area contributed by atoms with Crippen molar-refractivity contribution in [2.45, 2.75) is 19.5 Å². The van der Waals surface area contributed by atoms with Gasteiger partial charge in [0.05, 0.1) is 18.4 Å². The lowest BCUT2D eigenvalue weighted by Gasteiger charge is -1.99. The van der Waals surface area contributed by atoms with Crippen LogP contribution in [0, 0.1) is 0 Å². The van der Waals surface area contributed by atoms with Gasteiger partial charge in [0.15, 0.2) is 0 Å². The molecule has 0 saturated carbocycles. The predicted molar refractivity (Wildman–Crippen MR) is 73.6 cm³/mol. The number of nitrogens with two attached hydrogens (primary N) is 1. The first-order valence-corrected chi connectivity index (χ1v) is 6.73. The van der Waals surface area contributed by atoms with Crippen LogP contribution in [0.1, 0.15) is 24.2 Å². The first kappa shape index (κ1) is 11.4. The lowest BCUT2D eigenvalue weighted by atomic mass is 10.2. The monoisotopic (exact) mass is 258 g/mol. The van der Waals surface area contributed by atoms with Crippen molar-refractivity contribution in [2.24, 2.45) is 5.73 Å². The number of rotatable bonds is 3. The van der Waals surface area contributed by atoms with E-state index in [1.165, 1.54) is 15.6 Å². The van der Waals surface area contributed by atoms with Gasteiger partial charge in [0.2, 0.25) is 0 Å². The average Bonchev–Trinajstić information content (AvgIpc) is 2.98. The van der Waals surface area contributed by atoms with Crippen molar-refractivity contribution >= 4 is 21.4 Å². The molecule has 0 saturated heterocycles. The lowest BCUT2D eigenvalue weighted by molar-refractivity contribution is 0.652. The molecular weight excluding hydrogens is 244 g/mol. The van der Waals surface area contributed by atoms with E-state index in [1.807, 2.05) is 17.8 Å². The van der Waals surface area contributed by atoms with Crippen LogP contribution in [0.4, 0.5) is 0 Å². The number of hydrogen-bond donors (Lipinski definition) is 1. The molecule has 2 heterocycles. The molecule has 0 aliphatic rings. The first-order chi connectivity index (χ1) is 8.74. The minimum Gasteiger partial charge on any atom is -0.323 e. The van der Waals surface area contributed by atoms with E-state index in [2.05, 4.69) is 40.0 Å². The van der Waals surface area contributed by atoms with Crippen molar-refractivity contribution in [3.05, 3.63) is 47.1 Å². The summed E-state index contributed by atoms with van der Waals surface area (Å²) in [6.07, 6.45) is 1.91. The maximum atomic E-state index is 5.78. The minimum atomic E-state index is -0.0713. The summed E-state index contributed by atoms with van der Waals surface area (Å²) in [5, 5.41) is 11.6. The summed E-state index contributed by atoms with van der Waals surface area (Å²) in [6.45, 7) is 2.65. The van der Waals surface area contributed by atoms with E-state index in [0.717, 1.165) is 12.2 Å². The topological polar surface area (TPSA) is 56.7 Å². The molecule has 2 N–H and O–H groups in total. The van der Waals surface area contributed by atoms with Crippen LogP contribution in [-0.4, -0.2) is 15.0 Å². The van der Waals surface area contributed by atoms with E-state index >= 15 is 0 Å². The van der Waals surface area contributed by atoms with Gasteiger partial charge in [0.1, 0.15) is 0 Å². The zero-order chi connectivity index (χ0) is 12.5. The van der Waals surface area contributed by atoms with Gasteiger partial charge in [-0.1, -0.05) is 23.4 Å². The average molecular weight is 258 g/mol. The van der Waals surface area contributed by atoms with Crippen molar-refractivity contribution in [1.82, 2.24) is 15.0 Å². The Morgan fingerprint density at radius 3 is 3.00 bits per heavy atom. The molecule has 92 valence electrons. The molecule has 1 unspecified atom stereocenters. The van der Waals surface area contributed by atoms with Crippen LogP contribution in [0.25, 0.3) is 10.1 Å². The van der Waals surface area contributed by atoms with Crippen LogP contribution in [0.5, 0.6) is 0 Å². The van der Waals surface area contributed by atoms with Crippen molar-refractivity contribution in [2.75, 3.05) is 0 Å². The highest BCUT2D eigenvalue weighted by molar-refractivity contribution is 7.17. The Kier molecular flexibility index (Phi) is 2.85. The predicted octanol–water partition coefficient (Wildman–Crippen LogP) is 2.56. The smallest absolute Gasteiger partial charge is 0.0991 e. The third-order valence-corrected chi connectivity index (χ3v) is 3.93. The van der Waals surface area contributed by atoms with Gasteiger partial charge in [-0.3, -0.25) is 0 Å². The molecule has 0 aliphatic heterocycles. The molecule has 0 radical (unpaired) electrons. The fourth-order valence-corrected chi connectivity index (χ4v) is 2.88. The molecule has 0 aliphatic carbocycles. The Bertz CT molecular complexity index is 668. The molecule has 4 nitrogen and oxygen atoms in total. The van der Waals surface area contributed by atoms with Crippen molar-refractivity contribution in [3.8, 4) is 0 Å². The van der Waals surface area contributed by atoms with Gasteiger partial charge >= 0.3 is 0 Å². The summed E-state index contributed by atoms with van der Waals surface area (Å²) in [5.74, 6) is 0. The Labute approximate surface area is 109 Å². The van der Waals surface area contributed by atoms with Gasteiger partial charge in [-0.25, -0.2) is 4.68 Å². The minimum absolute atomic E-state index is 0.0713. The van der Waals surface area contributed by atoms with Crippen LogP contribution in [0.15, 0.2) is 35.8 Å². The summed E-state index contributed by atoms with van der Waals surface area (Å²) in [7, 11) is 0. The first-order valence-electron chi connectivity index (χ1n) is 5.85.